The van der Waals surface area contributed by atoms with E-state index >= 15 is 0 Å². The number of carbonyl (C=O) groups is 2. The van der Waals surface area contributed by atoms with Crippen LogP contribution in [0.4, 0.5) is 8.78 Å². The quantitative estimate of drug-likeness (QED) is 0.458. The average Bonchev–Trinajstić information content (AvgIpc) is 2.50. The van der Waals surface area contributed by atoms with Crippen LogP contribution in [-0.2, 0) is 9.53 Å². The maximum absolute atomic E-state index is 13.1. The summed E-state index contributed by atoms with van der Waals surface area (Å²) in [6.45, 7) is 0. The van der Waals surface area contributed by atoms with Crippen molar-refractivity contribution < 1.29 is 43.5 Å². The first-order valence-corrected chi connectivity index (χ1v) is 6.40. The summed E-state index contributed by atoms with van der Waals surface area (Å²) in [5.74, 6) is -5.06. The first-order chi connectivity index (χ1) is 10.7. The Bertz CT molecular complexity index is 626. The van der Waals surface area contributed by atoms with E-state index in [1.54, 1.807) is 0 Å². The minimum absolute atomic E-state index is 0.313. The molecule has 1 aliphatic rings. The molecule has 8 nitrogen and oxygen atoms in total. The SMILES string of the molecule is O=C(N[C@@H]1O[C@H](C(=O)O)[C@@H](O)[C@H](O)[C@H]1O)c1ccc(F)c(F)c1. The predicted octanol–water partition coefficient (Wildman–Crippen LogP) is -1.41. The highest BCUT2D eigenvalue weighted by Gasteiger charge is 2.47. The van der Waals surface area contributed by atoms with E-state index in [1.165, 1.54) is 0 Å². The third-order valence-corrected chi connectivity index (χ3v) is 3.31. The number of hydrogen-bond acceptors (Lipinski definition) is 6. The Kier molecular flexibility index (Phi) is 4.90. The van der Waals surface area contributed by atoms with Gasteiger partial charge in [0.05, 0.1) is 0 Å². The first kappa shape index (κ1) is 17.2. The molecule has 0 unspecified atom stereocenters. The molecule has 1 aromatic carbocycles. The zero-order chi connectivity index (χ0) is 17.3. The molecule has 0 saturated carbocycles. The molecule has 5 atom stereocenters. The summed E-state index contributed by atoms with van der Waals surface area (Å²) in [5.41, 5.74) is -0.313. The minimum atomic E-state index is -1.90. The van der Waals surface area contributed by atoms with Crippen molar-refractivity contribution in [1.82, 2.24) is 5.32 Å². The average molecular weight is 333 g/mol. The van der Waals surface area contributed by atoms with Crippen molar-refractivity contribution in [3.63, 3.8) is 0 Å². The van der Waals surface area contributed by atoms with Gasteiger partial charge in [0.15, 0.2) is 24.0 Å². The zero-order valence-corrected chi connectivity index (χ0v) is 11.4. The van der Waals surface area contributed by atoms with Gasteiger partial charge in [-0.1, -0.05) is 0 Å². The standard InChI is InChI=1S/C13H13F2NO7/c14-5-2-1-4(3-6(5)15)11(20)16-12-9(19)7(17)8(18)10(23-12)13(21)22/h1-3,7-10,12,17-19H,(H,16,20)(H,21,22)/t7-,8-,9+,10-,12+/m0/s1. The molecule has 0 aliphatic carbocycles. The molecule has 126 valence electrons. The van der Waals surface area contributed by atoms with Crippen molar-refractivity contribution >= 4 is 11.9 Å². The normalized spacial score (nSPS) is 30.7. The van der Waals surface area contributed by atoms with E-state index in [2.05, 4.69) is 0 Å². The largest absolute Gasteiger partial charge is 0.479 e. The van der Waals surface area contributed by atoms with Gasteiger partial charge in [-0.3, -0.25) is 4.79 Å². The zero-order valence-electron chi connectivity index (χ0n) is 11.4. The van der Waals surface area contributed by atoms with Crippen LogP contribution in [0.3, 0.4) is 0 Å². The molecule has 1 fully saturated rings. The maximum atomic E-state index is 13.1. The number of benzene rings is 1. The highest BCUT2D eigenvalue weighted by molar-refractivity contribution is 5.94. The highest BCUT2D eigenvalue weighted by atomic mass is 19.2. The number of aliphatic hydroxyl groups is 3. The molecule has 1 saturated heterocycles. The summed E-state index contributed by atoms with van der Waals surface area (Å²) >= 11 is 0. The Morgan fingerprint density at radius 2 is 1.70 bits per heavy atom. The van der Waals surface area contributed by atoms with Crippen LogP contribution >= 0.6 is 0 Å². The number of aliphatic hydroxyl groups excluding tert-OH is 3. The topological polar surface area (TPSA) is 136 Å². The molecule has 1 aromatic rings. The molecule has 1 aliphatic heterocycles. The second-order valence-corrected chi connectivity index (χ2v) is 4.89. The van der Waals surface area contributed by atoms with Crippen molar-refractivity contribution in [2.24, 2.45) is 0 Å². The molecular weight excluding hydrogens is 320 g/mol. The van der Waals surface area contributed by atoms with Crippen molar-refractivity contribution in [2.45, 2.75) is 30.6 Å². The summed E-state index contributed by atoms with van der Waals surface area (Å²) in [5, 5.41) is 39.7. The highest BCUT2D eigenvalue weighted by Crippen LogP contribution is 2.20. The predicted molar refractivity (Wildman–Crippen MR) is 68.1 cm³/mol. The van der Waals surface area contributed by atoms with Crippen molar-refractivity contribution in [3.8, 4) is 0 Å². The molecule has 10 heteroatoms. The Labute approximate surface area is 127 Å². The van der Waals surface area contributed by atoms with Crippen molar-refractivity contribution in [2.75, 3.05) is 0 Å². The summed E-state index contributed by atoms with van der Waals surface area (Å²) < 4.78 is 30.7. The summed E-state index contributed by atoms with van der Waals surface area (Å²) in [6.07, 6.45) is -9.17. The number of carbonyl (C=O) groups excluding carboxylic acids is 1. The third-order valence-electron chi connectivity index (χ3n) is 3.31. The number of halogens is 2. The monoisotopic (exact) mass is 333 g/mol. The molecule has 0 radical (unpaired) electrons. The van der Waals surface area contributed by atoms with E-state index in [9.17, 15) is 33.7 Å². The fraction of sp³-hybridized carbons (Fsp3) is 0.385. The summed E-state index contributed by atoms with van der Waals surface area (Å²) in [4.78, 5) is 22.8. The first-order valence-electron chi connectivity index (χ1n) is 6.40. The van der Waals surface area contributed by atoms with Gasteiger partial charge in [0.25, 0.3) is 5.91 Å². The van der Waals surface area contributed by atoms with Gasteiger partial charge in [0, 0.05) is 5.56 Å². The summed E-state index contributed by atoms with van der Waals surface area (Å²) in [7, 11) is 0. The van der Waals surface area contributed by atoms with Gasteiger partial charge in [0.2, 0.25) is 0 Å². The Morgan fingerprint density at radius 1 is 1.04 bits per heavy atom. The number of nitrogens with one attached hydrogen (secondary N) is 1. The van der Waals surface area contributed by atoms with E-state index < -0.39 is 54.2 Å². The van der Waals surface area contributed by atoms with Crippen molar-refractivity contribution in [3.05, 3.63) is 35.4 Å². The second kappa shape index (κ2) is 6.54. The molecule has 1 amide bonds. The number of carboxylic acid groups (broad SMARTS) is 1. The van der Waals surface area contributed by atoms with Crippen LogP contribution < -0.4 is 5.32 Å². The smallest absolute Gasteiger partial charge is 0.335 e. The van der Waals surface area contributed by atoms with E-state index in [1.807, 2.05) is 5.32 Å². The van der Waals surface area contributed by atoms with Crippen LogP contribution in [0.1, 0.15) is 10.4 Å². The van der Waals surface area contributed by atoms with E-state index in [0.717, 1.165) is 6.07 Å². The Hall–Kier alpha value is -2.14. The van der Waals surface area contributed by atoms with Crippen LogP contribution in [0.25, 0.3) is 0 Å². The van der Waals surface area contributed by atoms with Gasteiger partial charge < -0.3 is 30.5 Å². The Morgan fingerprint density at radius 3 is 2.26 bits per heavy atom. The van der Waals surface area contributed by atoms with Gasteiger partial charge >= 0.3 is 5.97 Å². The van der Waals surface area contributed by atoms with Crippen LogP contribution in [0, 0.1) is 11.6 Å². The summed E-state index contributed by atoms with van der Waals surface area (Å²) in [6, 6.07) is 2.27. The van der Waals surface area contributed by atoms with Crippen LogP contribution in [0.5, 0.6) is 0 Å². The van der Waals surface area contributed by atoms with Crippen LogP contribution in [-0.4, -0.2) is 62.9 Å². The van der Waals surface area contributed by atoms with E-state index in [-0.39, 0.29) is 5.56 Å². The van der Waals surface area contributed by atoms with Crippen molar-refractivity contribution in [1.29, 1.82) is 0 Å². The lowest BCUT2D eigenvalue weighted by Gasteiger charge is -2.38. The lowest BCUT2D eigenvalue weighted by molar-refractivity contribution is -0.231. The number of aliphatic carboxylic acids is 1. The minimum Gasteiger partial charge on any atom is -0.479 e. The lowest BCUT2D eigenvalue weighted by atomic mass is 9.98. The maximum Gasteiger partial charge on any atom is 0.335 e. The third kappa shape index (κ3) is 3.45. The van der Waals surface area contributed by atoms with Gasteiger partial charge in [0.1, 0.15) is 18.3 Å². The molecular formula is C13H13F2NO7. The number of carboxylic acids is 1. The van der Waals surface area contributed by atoms with Crippen LogP contribution in [0.2, 0.25) is 0 Å². The van der Waals surface area contributed by atoms with Gasteiger partial charge in [-0.05, 0) is 18.2 Å². The molecule has 5 N–H and O–H groups in total. The lowest BCUT2D eigenvalue weighted by Crippen LogP contribution is -2.64. The molecule has 0 bridgehead atoms. The molecule has 0 spiro atoms. The molecule has 2 rings (SSSR count). The molecule has 0 aromatic heterocycles. The van der Waals surface area contributed by atoms with Crippen LogP contribution in [0.15, 0.2) is 18.2 Å². The molecule has 1 heterocycles. The van der Waals surface area contributed by atoms with E-state index in [0.29, 0.717) is 12.1 Å². The fourth-order valence-corrected chi connectivity index (χ4v) is 2.05. The van der Waals surface area contributed by atoms with Gasteiger partial charge in [-0.25, -0.2) is 13.6 Å². The number of ether oxygens (including phenoxy) is 1. The van der Waals surface area contributed by atoms with Gasteiger partial charge in [-0.2, -0.15) is 0 Å². The van der Waals surface area contributed by atoms with E-state index in [4.69, 9.17) is 9.84 Å². The van der Waals surface area contributed by atoms with Gasteiger partial charge in [-0.15, -0.1) is 0 Å². The number of amides is 1. The number of hydrogen-bond donors (Lipinski definition) is 5. The Balaban J connectivity index is 2.15. The molecule has 23 heavy (non-hydrogen) atoms. The number of rotatable bonds is 3. The fourth-order valence-electron chi connectivity index (χ4n) is 2.05. The second-order valence-electron chi connectivity index (χ2n) is 4.89.